The van der Waals surface area contributed by atoms with Gasteiger partial charge in [-0.05, 0) is 12.8 Å². The number of sulfonamides is 1. The molecular formula is C11H17N3O4S. The van der Waals surface area contributed by atoms with E-state index in [1.807, 2.05) is 6.92 Å². The third-order valence-electron chi connectivity index (χ3n) is 3.43. The lowest BCUT2D eigenvalue weighted by Crippen LogP contribution is -2.52. The molecule has 0 spiro atoms. The van der Waals surface area contributed by atoms with Gasteiger partial charge < -0.3 is 10.1 Å². The number of nitrogens with zero attached hydrogens (tertiary/aromatic N) is 1. The summed E-state index contributed by atoms with van der Waals surface area (Å²) in [4.78, 5) is 17.9. The Labute approximate surface area is 111 Å². The van der Waals surface area contributed by atoms with Crippen molar-refractivity contribution in [2.45, 2.75) is 49.6 Å². The van der Waals surface area contributed by atoms with Crippen molar-refractivity contribution in [1.29, 1.82) is 0 Å². The number of H-pyrrole nitrogens is 1. The van der Waals surface area contributed by atoms with Gasteiger partial charge in [0.2, 0.25) is 0 Å². The number of nitrogens with one attached hydrogen (secondary N) is 2. The van der Waals surface area contributed by atoms with E-state index in [0.717, 1.165) is 0 Å². The lowest BCUT2D eigenvalue weighted by molar-refractivity contribution is -0.143. The third kappa shape index (κ3) is 2.64. The quantitative estimate of drug-likeness (QED) is 0.736. The van der Waals surface area contributed by atoms with Crippen LogP contribution >= 0.6 is 0 Å². The standard InChI is InChI=1S/C11H17N3O4S/c1-2-8-12-7-9(13-8)19(17,18)14-11(10(15)16)5-3-4-6-11/h7,14H,2-6H2,1H3,(H,12,13)(H,15,16). The molecule has 1 heterocycles. The second-order valence-corrected chi connectivity index (χ2v) is 6.40. The highest BCUT2D eigenvalue weighted by Crippen LogP contribution is 2.31. The number of aromatic amines is 1. The SMILES string of the molecule is CCc1ncc(S(=O)(=O)NC2(C(=O)O)CCCC2)[nH]1. The topological polar surface area (TPSA) is 112 Å². The lowest BCUT2D eigenvalue weighted by atomic mass is 10.0. The first-order chi connectivity index (χ1) is 8.89. The molecule has 106 valence electrons. The molecule has 1 aromatic rings. The molecule has 1 aliphatic rings. The van der Waals surface area contributed by atoms with Gasteiger partial charge in [-0.15, -0.1) is 0 Å². The Morgan fingerprint density at radius 2 is 2.16 bits per heavy atom. The summed E-state index contributed by atoms with van der Waals surface area (Å²) >= 11 is 0. The monoisotopic (exact) mass is 287 g/mol. The van der Waals surface area contributed by atoms with Gasteiger partial charge in [-0.25, -0.2) is 13.4 Å². The van der Waals surface area contributed by atoms with E-state index in [9.17, 15) is 18.3 Å². The average molecular weight is 287 g/mol. The predicted octanol–water partition coefficient (Wildman–Crippen LogP) is 0.648. The number of hydrogen-bond donors (Lipinski definition) is 3. The fraction of sp³-hybridized carbons (Fsp3) is 0.636. The average Bonchev–Trinajstić information content (AvgIpc) is 2.96. The van der Waals surface area contributed by atoms with Crippen LogP contribution in [0.4, 0.5) is 0 Å². The van der Waals surface area contributed by atoms with Crippen LogP contribution in [0.15, 0.2) is 11.2 Å². The third-order valence-corrected chi connectivity index (χ3v) is 4.87. The number of imidazole rings is 1. The van der Waals surface area contributed by atoms with Crippen molar-refractivity contribution in [2.75, 3.05) is 0 Å². The number of aliphatic carboxylic acids is 1. The molecule has 0 aliphatic heterocycles. The molecule has 1 aliphatic carbocycles. The van der Waals surface area contributed by atoms with Crippen LogP contribution in [0.5, 0.6) is 0 Å². The normalized spacial score (nSPS) is 18.6. The molecule has 0 aromatic carbocycles. The van der Waals surface area contributed by atoms with Crippen molar-refractivity contribution < 1.29 is 18.3 Å². The largest absolute Gasteiger partial charge is 0.480 e. The summed E-state index contributed by atoms with van der Waals surface area (Å²) in [6, 6.07) is 0. The highest BCUT2D eigenvalue weighted by molar-refractivity contribution is 7.89. The number of hydrogen-bond acceptors (Lipinski definition) is 4. The highest BCUT2D eigenvalue weighted by Gasteiger charge is 2.45. The Hall–Kier alpha value is -1.41. The molecule has 0 atom stereocenters. The van der Waals surface area contributed by atoms with Crippen molar-refractivity contribution >= 4 is 16.0 Å². The first kappa shape index (κ1) is 14.0. The van der Waals surface area contributed by atoms with Crippen molar-refractivity contribution in [1.82, 2.24) is 14.7 Å². The van der Waals surface area contributed by atoms with E-state index in [4.69, 9.17) is 0 Å². The number of aryl methyl sites for hydroxylation is 1. The van der Waals surface area contributed by atoms with Crippen LogP contribution in [0.3, 0.4) is 0 Å². The van der Waals surface area contributed by atoms with E-state index < -0.39 is 21.5 Å². The van der Waals surface area contributed by atoms with Crippen LogP contribution in [0.25, 0.3) is 0 Å². The van der Waals surface area contributed by atoms with Crippen molar-refractivity contribution in [3.05, 3.63) is 12.0 Å². The lowest BCUT2D eigenvalue weighted by Gasteiger charge is -2.24. The number of aromatic nitrogens is 2. The zero-order valence-corrected chi connectivity index (χ0v) is 11.5. The Bertz CT molecular complexity index is 573. The molecule has 19 heavy (non-hydrogen) atoms. The number of rotatable bonds is 5. The molecule has 0 saturated heterocycles. The fourth-order valence-electron chi connectivity index (χ4n) is 2.31. The van der Waals surface area contributed by atoms with Gasteiger partial charge in [0, 0.05) is 6.42 Å². The molecule has 0 bridgehead atoms. The van der Waals surface area contributed by atoms with Crippen LogP contribution in [-0.4, -0.2) is 35.0 Å². The van der Waals surface area contributed by atoms with Crippen LogP contribution in [-0.2, 0) is 21.2 Å². The Morgan fingerprint density at radius 3 is 2.63 bits per heavy atom. The Morgan fingerprint density at radius 1 is 1.53 bits per heavy atom. The van der Waals surface area contributed by atoms with E-state index in [-0.39, 0.29) is 5.03 Å². The molecule has 0 amide bonds. The van der Waals surface area contributed by atoms with E-state index in [1.165, 1.54) is 6.20 Å². The summed E-state index contributed by atoms with van der Waals surface area (Å²) in [5.41, 5.74) is -1.38. The van der Waals surface area contributed by atoms with Gasteiger partial charge in [-0.2, -0.15) is 4.72 Å². The molecule has 0 radical (unpaired) electrons. The Kier molecular flexibility index (Phi) is 3.64. The van der Waals surface area contributed by atoms with Gasteiger partial charge in [0.05, 0.1) is 6.20 Å². The maximum absolute atomic E-state index is 12.2. The molecule has 1 saturated carbocycles. The van der Waals surface area contributed by atoms with Crippen LogP contribution < -0.4 is 4.72 Å². The van der Waals surface area contributed by atoms with Crippen LogP contribution in [0, 0.1) is 0 Å². The van der Waals surface area contributed by atoms with Crippen molar-refractivity contribution in [3.63, 3.8) is 0 Å². The fourth-order valence-corrected chi connectivity index (χ4v) is 3.67. The van der Waals surface area contributed by atoms with Gasteiger partial charge in [0.25, 0.3) is 10.0 Å². The van der Waals surface area contributed by atoms with Gasteiger partial charge in [0.1, 0.15) is 11.4 Å². The second-order valence-electron chi connectivity index (χ2n) is 4.75. The summed E-state index contributed by atoms with van der Waals surface area (Å²) in [5.74, 6) is -0.569. The van der Waals surface area contributed by atoms with Gasteiger partial charge in [-0.3, -0.25) is 4.79 Å². The van der Waals surface area contributed by atoms with E-state index in [1.54, 1.807) is 0 Å². The van der Waals surface area contributed by atoms with Crippen molar-refractivity contribution in [2.24, 2.45) is 0 Å². The zero-order valence-electron chi connectivity index (χ0n) is 10.6. The molecule has 1 aromatic heterocycles. The maximum atomic E-state index is 12.2. The molecular weight excluding hydrogens is 270 g/mol. The number of carboxylic acids is 1. The molecule has 0 unspecified atom stereocenters. The molecule has 7 nitrogen and oxygen atoms in total. The van der Waals surface area contributed by atoms with E-state index in [0.29, 0.717) is 37.9 Å². The van der Waals surface area contributed by atoms with Gasteiger partial charge in [-0.1, -0.05) is 19.8 Å². The van der Waals surface area contributed by atoms with Gasteiger partial charge in [0.15, 0.2) is 5.03 Å². The van der Waals surface area contributed by atoms with Gasteiger partial charge >= 0.3 is 5.97 Å². The molecule has 2 rings (SSSR count). The maximum Gasteiger partial charge on any atom is 0.324 e. The zero-order chi connectivity index (χ0) is 14.1. The summed E-state index contributed by atoms with van der Waals surface area (Å²) in [6.45, 7) is 1.85. The molecule has 1 fully saturated rings. The van der Waals surface area contributed by atoms with Crippen LogP contribution in [0.1, 0.15) is 38.4 Å². The summed E-state index contributed by atoms with van der Waals surface area (Å²) in [6.07, 6.45) is 3.84. The predicted molar refractivity (Wildman–Crippen MR) is 67.1 cm³/mol. The summed E-state index contributed by atoms with van der Waals surface area (Å²) in [5, 5.41) is 9.19. The smallest absolute Gasteiger partial charge is 0.324 e. The highest BCUT2D eigenvalue weighted by atomic mass is 32.2. The molecule has 3 N–H and O–H groups in total. The second kappa shape index (κ2) is 4.93. The van der Waals surface area contributed by atoms with E-state index in [2.05, 4.69) is 14.7 Å². The summed E-state index contributed by atoms with van der Waals surface area (Å²) < 4.78 is 26.7. The first-order valence-electron chi connectivity index (χ1n) is 6.21. The molecule has 8 heteroatoms. The Balaban J connectivity index is 2.27. The number of carboxylic acid groups (broad SMARTS) is 1. The summed E-state index contributed by atoms with van der Waals surface area (Å²) in [7, 11) is -3.89. The van der Waals surface area contributed by atoms with E-state index >= 15 is 0 Å². The van der Waals surface area contributed by atoms with Crippen molar-refractivity contribution in [3.8, 4) is 0 Å². The number of carbonyl (C=O) groups is 1. The minimum Gasteiger partial charge on any atom is -0.480 e. The van der Waals surface area contributed by atoms with Crippen LogP contribution in [0.2, 0.25) is 0 Å². The first-order valence-corrected chi connectivity index (χ1v) is 7.69. The minimum absolute atomic E-state index is 0.0862. The minimum atomic E-state index is -3.89.